The Morgan fingerprint density at radius 3 is 1.10 bits per heavy atom. The van der Waals surface area contributed by atoms with E-state index in [-0.39, 0.29) is 50.4 Å². The van der Waals surface area contributed by atoms with Crippen molar-refractivity contribution < 1.29 is 42.2 Å². The average molecular weight is 1380 g/mol. The Balaban J connectivity index is 0.000000178. The topological polar surface area (TPSA) is 93.2 Å². The molecule has 7 aliphatic carbocycles. The van der Waals surface area contributed by atoms with Crippen LogP contribution in [-0.2, 0) is 32.6 Å². The van der Waals surface area contributed by atoms with Gasteiger partial charge in [-0.25, -0.2) is 9.59 Å². The SMILES string of the molecule is C1CCC([PH+](C2CCCCC2)C2CCCCC2)CC1.C1CCC([PH+](C2CCCCC2)C2CCCCC2)CC1.C=CCC1(CC=C)CC(C(C)=O)N(C(=O)OC(C)(C)C)C1.CC(=O)[C@@H]1CC2(CC=CC2)CN1C(=O)OC(C)(C)C.[Cl][Ru]([Cl])=[CH]c1ccccc1. The molecule has 6 saturated carbocycles. The summed E-state index contributed by atoms with van der Waals surface area (Å²) in [5.74, 6) is 0.0468. The summed E-state index contributed by atoms with van der Waals surface area (Å²) in [7, 11) is 11.2. The maximum absolute atomic E-state index is 12.4. The van der Waals surface area contributed by atoms with Crippen molar-refractivity contribution in [2.75, 3.05) is 13.1 Å². The van der Waals surface area contributed by atoms with Crippen molar-refractivity contribution in [2.45, 2.75) is 344 Å². The second kappa shape index (κ2) is 38.0. The Labute approximate surface area is 552 Å². The standard InChI is InChI=1S/2C18H33P.C17H27NO3.C15H23NO3.C7H6.2ClH.Ru/c2*1-4-10-16(11-5-1)19(17-12-6-2-7-13-17)18-14-8-3-9-15-18;1-7-9-17(10-8-2)11-14(13(3)19)18(12-17)15(20)21-16(4,5)6;1-11(17)12-9-15(7-5-6-8-15)10-16(12)13(18)19-14(2,3)4;1-7-5-3-2-4-6-7;;;/h2*16-18H,1-15H2;7-8,14H,1-2,9-12H2,3-6H3;5-6,12H,7-10H2,1-4H3;1-6H;2*1H;/q;;;;;;;+2/t;;;12-;;;;/m...0..../s1. The maximum atomic E-state index is 12.4. The van der Waals surface area contributed by atoms with Crippen molar-refractivity contribution in [2.24, 2.45) is 10.8 Å². The van der Waals surface area contributed by atoms with Gasteiger partial charge in [-0.3, -0.25) is 19.4 Å². The summed E-state index contributed by atoms with van der Waals surface area (Å²) in [6, 6.07) is 9.15. The summed E-state index contributed by atoms with van der Waals surface area (Å²) in [6.45, 7) is 22.8. The van der Waals surface area contributed by atoms with Crippen molar-refractivity contribution in [3.05, 3.63) is 73.4 Å². The number of rotatable bonds is 13. The van der Waals surface area contributed by atoms with E-state index < -0.39 is 36.9 Å². The summed E-state index contributed by atoms with van der Waals surface area (Å²) in [5, 5.41) is 0. The van der Waals surface area contributed by atoms with E-state index in [1.807, 2.05) is 88.6 Å². The van der Waals surface area contributed by atoms with E-state index >= 15 is 0 Å². The molecule has 0 bridgehead atoms. The molecule has 9 aliphatic rings. The molecule has 8 nitrogen and oxygen atoms in total. The first-order chi connectivity index (χ1) is 42.1. The van der Waals surface area contributed by atoms with Crippen molar-refractivity contribution in [1.29, 1.82) is 0 Å². The first-order valence-electron chi connectivity index (χ1n) is 35.5. The van der Waals surface area contributed by atoms with Crippen LogP contribution in [0.3, 0.4) is 0 Å². The summed E-state index contributed by atoms with van der Waals surface area (Å²) in [5.41, 5.74) is 7.29. The minimum atomic E-state index is -1.61. The van der Waals surface area contributed by atoms with Gasteiger partial charge >= 0.3 is 85.6 Å². The number of ketones is 2. The molecule has 1 spiro atoms. The van der Waals surface area contributed by atoms with E-state index in [0.717, 1.165) is 37.7 Å². The average Bonchev–Trinajstić information content (AvgIpc) is 2.41. The number of carbonyl (C=O) groups excluding carboxylic acids is 4. The fraction of sp³-hybridized carbons (Fsp3) is 0.773. The van der Waals surface area contributed by atoms with Gasteiger partial charge < -0.3 is 9.47 Å². The number of likely N-dealkylation sites (tertiary alicyclic amines) is 2. The predicted octanol–water partition coefficient (Wildman–Crippen LogP) is 21.8. The van der Waals surface area contributed by atoms with Gasteiger partial charge in [-0.15, -0.1) is 13.2 Å². The third-order valence-corrected chi connectivity index (χ3v) is 32.1. The van der Waals surface area contributed by atoms with E-state index in [9.17, 15) is 19.2 Å². The van der Waals surface area contributed by atoms with Gasteiger partial charge in [0.1, 0.15) is 11.2 Å². The minimum absolute atomic E-state index is 0.00383. The number of benzene rings is 1. The van der Waals surface area contributed by atoms with E-state index in [1.165, 1.54) is 40.9 Å². The van der Waals surface area contributed by atoms with Crippen molar-refractivity contribution in [1.82, 2.24) is 9.80 Å². The molecule has 13 heteroatoms. The number of Topliss-reactive ketones (excluding diaryl/α,β-unsaturated/α-hetero) is 2. The number of amides is 2. The molecular formula is C75H124Cl2N2O6P2Ru+2. The van der Waals surface area contributed by atoms with Gasteiger partial charge in [0.25, 0.3) is 0 Å². The van der Waals surface area contributed by atoms with E-state index in [4.69, 9.17) is 28.9 Å². The number of ether oxygens (including phenoxy) is 2. The first-order valence-corrected chi connectivity index (χ1v) is 44.5. The molecule has 2 heterocycles. The van der Waals surface area contributed by atoms with Gasteiger partial charge in [0.2, 0.25) is 0 Å². The van der Waals surface area contributed by atoms with Crippen molar-refractivity contribution in [3.8, 4) is 0 Å². The fourth-order valence-electron chi connectivity index (χ4n) is 17.1. The molecule has 1 unspecified atom stereocenters. The number of hydrogen-bond acceptors (Lipinski definition) is 6. The van der Waals surface area contributed by atoms with Gasteiger partial charge in [-0.1, -0.05) is 62.8 Å². The second-order valence-electron chi connectivity index (χ2n) is 30.5. The van der Waals surface area contributed by atoms with Gasteiger partial charge in [-0.05, 0) is 259 Å². The van der Waals surface area contributed by atoms with Crippen LogP contribution in [-0.4, -0.2) is 108 Å². The van der Waals surface area contributed by atoms with Crippen molar-refractivity contribution >= 4 is 63.6 Å². The van der Waals surface area contributed by atoms with Crippen LogP contribution >= 0.6 is 35.2 Å². The zero-order valence-electron chi connectivity index (χ0n) is 56.6. The van der Waals surface area contributed by atoms with Gasteiger partial charge in [0.05, 0.1) is 46.0 Å². The summed E-state index contributed by atoms with van der Waals surface area (Å²) in [6.07, 6.45) is 59.6. The monoisotopic (exact) mass is 1380 g/mol. The van der Waals surface area contributed by atoms with Crippen LogP contribution in [0.5, 0.6) is 0 Å². The number of halogens is 2. The van der Waals surface area contributed by atoms with Crippen LogP contribution in [0.1, 0.15) is 292 Å². The molecule has 0 aromatic heterocycles. The molecule has 0 N–H and O–H groups in total. The molecule has 500 valence electrons. The number of carbonyl (C=O) groups is 4. The molecule has 88 heavy (non-hydrogen) atoms. The number of hydrogen-bond donors (Lipinski definition) is 0. The Bertz CT molecular complexity index is 2170. The van der Waals surface area contributed by atoms with Gasteiger partial charge in [0, 0.05) is 28.9 Å². The molecular weight excluding hydrogens is 1260 g/mol. The normalized spacial score (nSPS) is 24.1. The quantitative estimate of drug-likeness (QED) is 0.111. The Morgan fingerprint density at radius 2 is 0.818 bits per heavy atom. The van der Waals surface area contributed by atoms with Crippen LogP contribution in [0, 0.1) is 10.8 Å². The molecule has 2 atom stereocenters. The Kier molecular flexibility index (Phi) is 32.5. The fourth-order valence-corrected chi connectivity index (χ4v) is 29.4. The van der Waals surface area contributed by atoms with Gasteiger partial charge in [-0.2, -0.15) is 0 Å². The number of nitrogens with zero attached hydrogens (tertiary/aromatic N) is 2. The zero-order valence-corrected chi connectivity index (χ0v) is 61.9. The second-order valence-corrected chi connectivity index (χ2v) is 43.1. The molecule has 2 amide bonds. The van der Waals surface area contributed by atoms with E-state index in [2.05, 4.69) is 25.3 Å². The molecule has 2 aliphatic heterocycles. The zero-order chi connectivity index (χ0) is 63.7. The number of allylic oxidation sites excluding steroid dienone is 4. The third kappa shape index (κ3) is 24.9. The predicted molar refractivity (Wildman–Crippen MR) is 378 cm³/mol. The van der Waals surface area contributed by atoms with Gasteiger partial charge in [0.15, 0.2) is 11.6 Å². The summed E-state index contributed by atoms with van der Waals surface area (Å²) < 4.78 is 12.8. The van der Waals surface area contributed by atoms with Crippen LogP contribution in [0.25, 0.3) is 0 Å². The first kappa shape index (κ1) is 75.3. The third-order valence-electron chi connectivity index (χ3n) is 21.1. The summed E-state index contributed by atoms with van der Waals surface area (Å²) >= 11 is -1.61. The molecule has 1 aromatic carbocycles. The molecule has 2 saturated heterocycles. The summed E-state index contributed by atoms with van der Waals surface area (Å²) in [4.78, 5) is 51.5. The molecule has 1 aromatic rings. The molecule has 10 rings (SSSR count). The molecule has 8 fully saturated rings. The Hall–Kier alpha value is -1.75. The van der Waals surface area contributed by atoms with E-state index in [1.54, 1.807) is 209 Å². The van der Waals surface area contributed by atoms with Crippen molar-refractivity contribution in [3.63, 3.8) is 0 Å². The van der Waals surface area contributed by atoms with Crippen LogP contribution < -0.4 is 0 Å². The van der Waals surface area contributed by atoms with Crippen LogP contribution in [0.15, 0.2) is 67.8 Å². The van der Waals surface area contributed by atoms with Crippen LogP contribution in [0.4, 0.5) is 9.59 Å². The van der Waals surface area contributed by atoms with E-state index in [0.29, 0.717) is 19.5 Å². The Morgan fingerprint density at radius 1 is 0.511 bits per heavy atom. The van der Waals surface area contributed by atoms with Crippen LogP contribution in [0.2, 0.25) is 0 Å². The molecule has 0 radical (unpaired) electrons.